The molecular weight excluding hydrogens is 290 g/mol. The van der Waals surface area contributed by atoms with Crippen LogP contribution in [0.5, 0.6) is 5.75 Å². The third-order valence-corrected chi connectivity index (χ3v) is 5.48. The van der Waals surface area contributed by atoms with E-state index in [1.807, 2.05) is 24.3 Å². The molecule has 1 heterocycles. The number of carboxylic acids is 1. The Morgan fingerprint density at radius 3 is 2.48 bits per heavy atom. The lowest BCUT2D eigenvalue weighted by molar-refractivity contribution is -0.145. The van der Waals surface area contributed by atoms with Gasteiger partial charge in [0.05, 0.1) is 5.41 Å². The Balaban J connectivity index is 1.86. The zero-order valence-electron chi connectivity index (χ0n) is 14.0. The number of aliphatic carboxylic acids is 1. The van der Waals surface area contributed by atoms with Gasteiger partial charge in [0.1, 0.15) is 11.9 Å². The minimum absolute atomic E-state index is 0.196. The van der Waals surface area contributed by atoms with E-state index in [4.69, 9.17) is 4.74 Å². The first-order valence-electron chi connectivity index (χ1n) is 8.80. The van der Waals surface area contributed by atoms with E-state index in [1.165, 1.54) is 0 Å². The number of carboxylic acid groups (broad SMARTS) is 1. The Morgan fingerprint density at radius 1 is 1.17 bits per heavy atom. The van der Waals surface area contributed by atoms with E-state index < -0.39 is 11.4 Å². The van der Waals surface area contributed by atoms with E-state index in [1.54, 1.807) is 0 Å². The minimum atomic E-state index is -0.764. The molecule has 0 aromatic heterocycles. The quantitative estimate of drug-likeness (QED) is 0.924. The molecule has 126 valence electrons. The number of hydrogen-bond donors (Lipinski definition) is 1. The molecule has 1 aromatic carbocycles. The molecule has 1 saturated carbocycles. The van der Waals surface area contributed by atoms with Gasteiger partial charge in [0.15, 0.2) is 0 Å². The number of para-hydroxylation sites is 1. The molecule has 0 atom stereocenters. The molecule has 2 fully saturated rings. The number of carbonyl (C=O) groups is 1. The van der Waals surface area contributed by atoms with Crippen molar-refractivity contribution in [2.45, 2.75) is 56.5 Å². The average Bonchev–Trinajstić information content (AvgIpc) is 2.58. The summed E-state index contributed by atoms with van der Waals surface area (Å²) in [5, 5.41) is 9.94. The Kier molecular flexibility index (Phi) is 4.90. The van der Waals surface area contributed by atoms with Crippen molar-refractivity contribution in [1.29, 1.82) is 0 Å². The normalized spacial score (nSPS) is 22.7. The summed E-state index contributed by atoms with van der Waals surface area (Å²) in [5.74, 6) is 0.0861. The van der Waals surface area contributed by atoms with Crippen LogP contribution in [-0.2, 0) is 10.2 Å². The molecule has 0 spiro atoms. The fraction of sp³-hybridized carbons (Fsp3) is 0.632. The van der Waals surface area contributed by atoms with Crippen molar-refractivity contribution in [2.24, 2.45) is 0 Å². The predicted octanol–water partition coefficient (Wildman–Crippen LogP) is 3.45. The van der Waals surface area contributed by atoms with Crippen molar-refractivity contribution in [3.63, 3.8) is 0 Å². The van der Waals surface area contributed by atoms with E-state index in [0.717, 1.165) is 69.3 Å². The summed E-state index contributed by atoms with van der Waals surface area (Å²) in [6.45, 7) is 2.08. The number of ether oxygens (including phenoxy) is 1. The molecule has 0 radical (unpaired) electrons. The van der Waals surface area contributed by atoms with Crippen LogP contribution in [0.3, 0.4) is 0 Å². The fourth-order valence-corrected chi connectivity index (χ4v) is 4.00. The van der Waals surface area contributed by atoms with E-state index in [9.17, 15) is 9.90 Å². The zero-order chi connectivity index (χ0) is 16.3. The van der Waals surface area contributed by atoms with Crippen molar-refractivity contribution in [2.75, 3.05) is 20.1 Å². The maximum Gasteiger partial charge on any atom is 0.314 e. The molecule has 0 unspecified atom stereocenters. The van der Waals surface area contributed by atoms with Crippen LogP contribution in [0.1, 0.15) is 50.5 Å². The molecule has 1 aromatic rings. The molecule has 1 aliphatic carbocycles. The molecule has 1 N–H and O–H groups in total. The second kappa shape index (κ2) is 6.91. The summed E-state index contributed by atoms with van der Waals surface area (Å²) in [6, 6.07) is 7.80. The first-order chi connectivity index (χ1) is 11.1. The molecule has 0 bridgehead atoms. The average molecular weight is 317 g/mol. The van der Waals surface area contributed by atoms with Crippen LogP contribution in [0.4, 0.5) is 0 Å². The standard InChI is InChI=1S/C19H27NO3/c1-20-13-9-15(10-14-20)23-17-8-4-3-7-16(17)19(18(21)22)11-5-2-6-12-19/h3-4,7-8,15H,2,5-6,9-14H2,1H3,(H,21,22). The second-order valence-corrected chi connectivity index (χ2v) is 7.06. The third-order valence-electron chi connectivity index (χ3n) is 5.48. The summed E-state index contributed by atoms with van der Waals surface area (Å²) in [6.07, 6.45) is 6.74. The lowest BCUT2D eigenvalue weighted by Gasteiger charge is -2.36. The van der Waals surface area contributed by atoms with Crippen LogP contribution >= 0.6 is 0 Å². The molecule has 4 nitrogen and oxygen atoms in total. The topological polar surface area (TPSA) is 49.8 Å². The molecule has 4 heteroatoms. The van der Waals surface area contributed by atoms with E-state index in [0.29, 0.717) is 0 Å². The number of rotatable bonds is 4. The summed E-state index contributed by atoms with van der Waals surface area (Å²) < 4.78 is 6.27. The Morgan fingerprint density at radius 2 is 1.83 bits per heavy atom. The smallest absolute Gasteiger partial charge is 0.314 e. The SMILES string of the molecule is CN1CCC(Oc2ccccc2C2(C(=O)O)CCCCC2)CC1. The van der Waals surface area contributed by atoms with Crippen LogP contribution in [0.15, 0.2) is 24.3 Å². The summed E-state index contributed by atoms with van der Waals surface area (Å²) >= 11 is 0. The highest BCUT2D eigenvalue weighted by molar-refractivity contribution is 5.82. The second-order valence-electron chi connectivity index (χ2n) is 7.06. The number of nitrogens with zero attached hydrogens (tertiary/aromatic N) is 1. The highest BCUT2D eigenvalue weighted by atomic mass is 16.5. The van der Waals surface area contributed by atoms with Gasteiger partial charge in [0, 0.05) is 18.7 Å². The van der Waals surface area contributed by atoms with E-state index in [2.05, 4.69) is 11.9 Å². The fourth-order valence-electron chi connectivity index (χ4n) is 4.00. The van der Waals surface area contributed by atoms with Crippen LogP contribution in [0, 0.1) is 0 Å². The summed E-state index contributed by atoms with van der Waals surface area (Å²) in [4.78, 5) is 14.4. The molecule has 0 amide bonds. The molecule has 1 aliphatic heterocycles. The minimum Gasteiger partial charge on any atom is -0.490 e. The van der Waals surface area contributed by atoms with Crippen molar-refractivity contribution in [3.8, 4) is 5.75 Å². The lowest BCUT2D eigenvalue weighted by atomic mass is 9.69. The van der Waals surface area contributed by atoms with Gasteiger partial charge in [-0.15, -0.1) is 0 Å². The van der Waals surface area contributed by atoms with Crippen LogP contribution in [0.25, 0.3) is 0 Å². The van der Waals surface area contributed by atoms with Gasteiger partial charge in [0.2, 0.25) is 0 Å². The first kappa shape index (κ1) is 16.3. The van der Waals surface area contributed by atoms with Crippen molar-refractivity contribution < 1.29 is 14.6 Å². The zero-order valence-corrected chi connectivity index (χ0v) is 14.0. The largest absolute Gasteiger partial charge is 0.490 e. The van der Waals surface area contributed by atoms with Crippen LogP contribution in [-0.4, -0.2) is 42.2 Å². The van der Waals surface area contributed by atoms with Gasteiger partial charge in [-0.25, -0.2) is 0 Å². The van der Waals surface area contributed by atoms with Crippen molar-refractivity contribution in [1.82, 2.24) is 4.90 Å². The predicted molar refractivity (Wildman–Crippen MR) is 90.0 cm³/mol. The van der Waals surface area contributed by atoms with Gasteiger partial charge in [-0.2, -0.15) is 0 Å². The highest BCUT2D eigenvalue weighted by Gasteiger charge is 2.43. The maximum atomic E-state index is 12.1. The van der Waals surface area contributed by atoms with Crippen molar-refractivity contribution >= 4 is 5.97 Å². The van der Waals surface area contributed by atoms with E-state index >= 15 is 0 Å². The van der Waals surface area contributed by atoms with Gasteiger partial charge in [0.25, 0.3) is 0 Å². The maximum absolute atomic E-state index is 12.1. The van der Waals surface area contributed by atoms with Gasteiger partial charge >= 0.3 is 5.97 Å². The van der Waals surface area contributed by atoms with Crippen molar-refractivity contribution in [3.05, 3.63) is 29.8 Å². The first-order valence-corrected chi connectivity index (χ1v) is 8.80. The van der Waals surface area contributed by atoms with Gasteiger partial charge in [-0.05, 0) is 38.8 Å². The molecule has 2 aliphatic rings. The van der Waals surface area contributed by atoms with E-state index in [-0.39, 0.29) is 6.10 Å². The molecule has 3 rings (SSSR count). The van der Waals surface area contributed by atoms with Crippen LogP contribution in [0.2, 0.25) is 0 Å². The third kappa shape index (κ3) is 3.37. The number of piperidine rings is 1. The summed E-state index contributed by atoms with van der Waals surface area (Å²) in [7, 11) is 2.13. The number of likely N-dealkylation sites (tertiary alicyclic amines) is 1. The number of hydrogen-bond acceptors (Lipinski definition) is 3. The Hall–Kier alpha value is -1.55. The van der Waals surface area contributed by atoms with Gasteiger partial charge < -0.3 is 14.7 Å². The monoisotopic (exact) mass is 317 g/mol. The molecule has 1 saturated heterocycles. The Bertz CT molecular complexity index is 543. The molecular formula is C19H27NO3. The van der Waals surface area contributed by atoms with Crippen LogP contribution < -0.4 is 4.74 Å². The van der Waals surface area contributed by atoms with Gasteiger partial charge in [-0.3, -0.25) is 4.79 Å². The molecule has 23 heavy (non-hydrogen) atoms. The number of benzene rings is 1. The summed E-state index contributed by atoms with van der Waals surface area (Å²) in [5.41, 5.74) is 0.117. The highest BCUT2D eigenvalue weighted by Crippen LogP contribution is 2.44. The lowest BCUT2D eigenvalue weighted by Crippen LogP contribution is -2.39. The van der Waals surface area contributed by atoms with Gasteiger partial charge in [-0.1, -0.05) is 37.5 Å². The Labute approximate surface area is 138 Å².